The molecule has 1 heterocycles. The summed E-state index contributed by atoms with van der Waals surface area (Å²) in [6.07, 6.45) is 12.4. The Balaban J connectivity index is 1.59. The fraction of sp³-hybridized carbons (Fsp3) is 0.364. The summed E-state index contributed by atoms with van der Waals surface area (Å²) in [4.78, 5) is 8.43. The van der Waals surface area contributed by atoms with Crippen molar-refractivity contribution in [3.63, 3.8) is 0 Å². The molecule has 0 radical (unpaired) electrons. The zero-order valence-electron chi connectivity index (χ0n) is 14.7. The molecule has 134 valence electrons. The van der Waals surface area contributed by atoms with Crippen LogP contribution in [0.3, 0.4) is 0 Å². The van der Waals surface area contributed by atoms with Gasteiger partial charge in [0.05, 0.1) is 5.56 Å². The van der Waals surface area contributed by atoms with Crippen molar-refractivity contribution in [1.82, 2.24) is 9.97 Å². The summed E-state index contributed by atoms with van der Waals surface area (Å²) in [5.74, 6) is 6.29. The first-order valence-corrected chi connectivity index (χ1v) is 9.05. The molecule has 0 unspecified atom stereocenters. The minimum absolute atomic E-state index is 0.358. The van der Waals surface area contributed by atoms with Crippen molar-refractivity contribution in [1.29, 1.82) is 0 Å². The Kier molecular flexibility index (Phi) is 6.12. The Bertz CT molecular complexity index is 810. The van der Waals surface area contributed by atoms with Crippen molar-refractivity contribution in [3.05, 3.63) is 60.4 Å². The van der Waals surface area contributed by atoms with Gasteiger partial charge in [-0.15, -0.1) is 6.58 Å². The van der Waals surface area contributed by atoms with E-state index < -0.39 is 11.6 Å². The average Bonchev–Trinajstić information content (AvgIpc) is 2.68. The van der Waals surface area contributed by atoms with Crippen LogP contribution in [0, 0.1) is 35.3 Å². The summed E-state index contributed by atoms with van der Waals surface area (Å²) >= 11 is 0. The third-order valence-electron chi connectivity index (χ3n) is 4.88. The number of allylic oxidation sites excluding steroid dienone is 1. The van der Waals surface area contributed by atoms with Crippen LogP contribution in [0.25, 0.3) is 11.4 Å². The van der Waals surface area contributed by atoms with E-state index in [2.05, 4.69) is 28.4 Å². The molecule has 0 bridgehead atoms. The molecule has 0 aliphatic heterocycles. The molecular formula is C22H22F2N2. The van der Waals surface area contributed by atoms with Crippen LogP contribution in [-0.4, -0.2) is 9.97 Å². The molecule has 0 saturated heterocycles. The van der Waals surface area contributed by atoms with Crippen LogP contribution >= 0.6 is 0 Å². The lowest BCUT2D eigenvalue weighted by atomic mass is 9.80. The van der Waals surface area contributed by atoms with Gasteiger partial charge in [0.25, 0.3) is 0 Å². The second-order valence-electron chi connectivity index (χ2n) is 6.78. The Morgan fingerprint density at radius 2 is 1.81 bits per heavy atom. The largest absolute Gasteiger partial charge is 0.235 e. The molecule has 2 nitrogen and oxygen atoms in total. The average molecular weight is 352 g/mol. The molecule has 1 aliphatic carbocycles. The summed E-state index contributed by atoms with van der Waals surface area (Å²) in [6.45, 7) is 3.79. The SMILES string of the molecule is C=CCC[C@H]1CC[C@H](C#Cc2cnc(-c3ccc(F)c(F)c3)nc2)CC1. The highest BCUT2D eigenvalue weighted by atomic mass is 19.2. The van der Waals surface area contributed by atoms with Crippen LogP contribution in [0.1, 0.15) is 44.1 Å². The number of hydrogen-bond donors (Lipinski definition) is 0. The van der Waals surface area contributed by atoms with Crippen LogP contribution in [0.2, 0.25) is 0 Å². The van der Waals surface area contributed by atoms with E-state index in [0.717, 1.165) is 42.9 Å². The van der Waals surface area contributed by atoms with Crippen molar-refractivity contribution >= 4 is 0 Å². The van der Waals surface area contributed by atoms with Crippen LogP contribution < -0.4 is 0 Å². The summed E-state index contributed by atoms with van der Waals surface area (Å²) in [5.41, 5.74) is 1.19. The molecular weight excluding hydrogens is 330 g/mol. The smallest absolute Gasteiger partial charge is 0.159 e. The van der Waals surface area contributed by atoms with Gasteiger partial charge in [0.1, 0.15) is 0 Å². The highest BCUT2D eigenvalue weighted by Crippen LogP contribution is 2.31. The van der Waals surface area contributed by atoms with Gasteiger partial charge in [-0.25, -0.2) is 18.7 Å². The van der Waals surface area contributed by atoms with Gasteiger partial charge < -0.3 is 0 Å². The fourth-order valence-electron chi connectivity index (χ4n) is 3.31. The molecule has 0 spiro atoms. The summed E-state index contributed by atoms with van der Waals surface area (Å²) in [5, 5.41) is 0. The third-order valence-corrected chi connectivity index (χ3v) is 4.88. The summed E-state index contributed by atoms with van der Waals surface area (Å²) < 4.78 is 26.3. The quantitative estimate of drug-likeness (QED) is 0.533. The standard InChI is InChI=1S/C22H22F2N2/c1-2-3-4-16-5-7-17(8-6-16)9-10-18-14-25-22(26-15-18)19-11-12-20(23)21(24)13-19/h2,11-17H,1,3-8H2/t16-,17-. The lowest BCUT2D eigenvalue weighted by molar-refractivity contribution is 0.303. The minimum atomic E-state index is -0.904. The molecule has 1 aromatic carbocycles. The summed E-state index contributed by atoms with van der Waals surface area (Å²) in [7, 11) is 0. The van der Waals surface area contributed by atoms with Gasteiger partial charge in [-0.3, -0.25) is 0 Å². The Morgan fingerprint density at radius 3 is 2.46 bits per heavy atom. The van der Waals surface area contributed by atoms with E-state index in [4.69, 9.17) is 0 Å². The van der Waals surface area contributed by atoms with Gasteiger partial charge in [0, 0.05) is 23.9 Å². The molecule has 1 saturated carbocycles. The van der Waals surface area contributed by atoms with E-state index in [9.17, 15) is 8.78 Å². The second kappa shape index (κ2) is 8.71. The normalized spacial score (nSPS) is 19.5. The number of aromatic nitrogens is 2. The third kappa shape index (κ3) is 4.76. The van der Waals surface area contributed by atoms with Crippen LogP contribution in [-0.2, 0) is 0 Å². The maximum atomic E-state index is 13.3. The topological polar surface area (TPSA) is 25.8 Å². The number of hydrogen-bond acceptors (Lipinski definition) is 2. The van der Waals surface area contributed by atoms with Crippen molar-refractivity contribution in [2.24, 2.45) is 11.8 Å². The molecule has 2 aromatic rings. The van der Waals surface area contributed by atoms with E-state index in [0.29, 0.717) is 17.3 Å². The highest BCUT2D eigenvalue weighted by Gasteiger charge is 2.19. The monoisotopic (exact) mass is 352 g/mol. The van der Waals surface area contributed by atoms with Crippen molar-refractivity contribution in [3.8, 4) is 23.2 Å². The molecule has 3 rings (SSSR count). The highest BCUT2D eigenvalue weighted by molar-refractivity contribution is 5.55. The van der Waals surface area contributed by atoms with Gasteiger partial charge in [-0.2, -0.15) is 0 Å². The Labute approximate surface area is 153 Å². The van der Waals surface area contributed by atoms with Gasteiger partial charge in [0.15, 0.2) is 17.5 Å². The first-order chi connectivity index (χ1) is 12.7. The van der Waals surface area contributed by atoms with Gasteiger partial charge in [0.2, 0.25) is 0 Å². The lowest BCUT2D eigenvalue weighted by Crippen LogP contribution is -2.13. The zero-order valence-corrected chi connectivity index (χ0v) is 14.7. The number of nitrogens with zero attached hydrogens (tertiary/aromatic N) is 2. The van der Waals surface area contributed by atoms with Crippen LogP contribution in [0.15, 0.2) is 43.2 Å². The predicted octanol–water partition coefficient (Wildman–Crippen LogP) is 5.55. The van der Waals surface area contributed by atoms with Crippen LogP contribution in [0.5, 0.6) is 0 Å². The van der Waals surface area contributed by atoms with Crippen molar-refractivity contribution in [2.45, 2.75) is 38.5 Å². The first-order valence-electron chi connectivity index (χ1n) is 9.05. The van der Waals surface area contributed by atoms with Gasteiger partial charge in [-0.1, -0.05) is 17.9 Å². The number of rotatable bonds is 4. The van der Waals surface area contributed by atoms with Gasteiger partial charge >= 0.3 is 0 Å². The Morgan fingerprint density at radius 1 is 1.08 bits per heavy atom. The zero-order chi connectivity index (χ0) is 18.4. The second-order valence-corrected chi connectivity index (χ2v) is 6.78. The van der Waals surface area contributed by atoms with Gasteiger partial charge in [-0.05, 0) is 62.6 Å². The fourth-order valence-corrected chi connectivity index (χ4v) is 3.31. The molecule has 26 heavy (non-hydrogen) atoms. The molecule has 1 aromatic heterocycles. The molecule has 1 fully saturated rings. The number of halogens is 2. The minimum Gasteiger partial charge on any atom is -0.235 e. The van der Waals surface area contributed by atoms with Crippen LogP contribution in [0.4, 0.5) is 8.78 Å². The lowest BCUT2D eigenvalue weighted by Gasteiger charge is -2.25. The van der Waals surface area contributed by atoms with E-state index in [-0.39, 0.29) is 0 Å². The number of benzene rings is 1. The maximum Gasteiger partial charge on any atom is 0.159 e. The first kappa shape index (κ1) is 18.3. The Hall–Kier alpha value is -2.54. The molecule has 4 heteroatoms. The van der Waals surface area contributed by atoms with Crippen molar-refractivity contribution < 1.29 is 8.78 Å². The molecule has 0 amide bonds. The maximum absolute atomic E-state index is 13.3. The van der Waals surface area contributed by atoms with E-state index in [1.165, 1.54) is 25.3 Å². The molecule has 0 N–H and O–H groups in total. The van der Waals surface area contributed by atoms with E-state index >= 15 is 0 Å². The van der Waals surface area contributed by atoms with E-state index in [1.807, 2.05) is 6.08 Å². The van der Waals surface area contributed by atoms with E-state index in [1.54, 1.807) is 12.4 Å². The van der Waals surface area contributed by atoms with Crippen molar-refractivity contribution in [2.75, 3.05) is 0 Å². The molecule has 0 atom stereocenters. The summed E-state index contributed by atoms with van der Waals surface area (Å²) in [6, 6.07) is 3.64. The predicted molar refractivity (Wildman–Crippen MR) is 99.1 cm³/mol. The molecule has 1 aliphatic rings.